The number of esters is 3. The highest BCUT2D eigenvalue weighted by atomic mass is 16.6. The molecule has 0 N–H and O–H groups in total. The summed E-state index contributed by atoms with van der Waals surface area (Å²) in [5, 5.41) is 0. The molecule has 0 fully saturated rings. The van der Waals surface area contributed by atoms with E-state index in [-0.39, 0.29) is 31.1 Å². The summed E-state index contributed by atoms with van der Waals surface area (Å²) >= 11 is 0. The van der Waals surface area contributed by atoms with Gasteiger partial charge in [0.1, 0.15) is 13.2 Å². The summed E-state index contributed by atoms with van der Waals surface area (Å²) in [4.78, 5) is 38.5. The molecule has 6 heteroatoms. The van der Waals surface area contributed by atoms with Gasteiger partial charge in [0.05, 0.1) is 0 Å². The van der Waals surface area contributed by atoms with Gasteiger partial charge in [0.25, 0.3) is 0 Å². The average Bonchev–Trinajstić information content (AvgIpc) is 3.47. The molecule has 0 rings (SSSR count). The zero-order chi connectivity index (χ0) is 58.5. The first-order chi connectivity index (χ1) is 40.0. The molecule has 0 bridgehead atoms. The fraction of sp³-hybridized carbons (Fsp3) is 0.853. The quantitative estimate of drug-likeness (QED) is 0.0261. The van der Waals surface area contributed by atoms with Gasteiger partial charge in [0.15, 0.2) is 6.10 Å². The monoisotopic (exact) mass is 1140 g/mol. The van der Waals surface area contributed by atoms with Crippen LogP contribution in [0.1, 0.15) is 393 Å². The van der Waals surface area contributed by atoms with E-state index in [1.54, 1.807) is 0 Å². The Hall–Kier alpha value is -2.63. The Bertz CT molecular complexity index is 1400. The second kappa shape index (κ2) is 69.9. The van der Waals surface area contributed by atoms with E-state index in [9.17, 15) is 14.4 Å². The highest BCUT2D eigenvalue weighted by molar-refractivity contribution is 5.71. The minimum atomic E-state index is -0.776. The third kappa shape index (κ3) is 68.0. The summed E-state index contributed by atoms with van der Waals surface area (Å²) in [6.07, 6.45) is 88.6. The molecule has 474 valence electrons. The fourth-order valence-corrected chi connectivity index (χ4v) is 10.9. The Labute approximate surface area is 505 Å². The van der Waals surface area contributed by atoms with E-state index in [2.05, 4.69) is 69.4 Å². The molecule has 6 nitrogen and oxygen atoms in total. The topological polar surface area (TPSA) is 78.9 Å². The molecule has 0 heterocycles. The number of ether oxygens (including phenoxy) is 3. The third-order valence-corrected chi connectivity index (χ3v) is 16.3. The van der Waals surface area contributed by atoms with Crippen molar-refractivity contribution in [1.82, 2.24) is 0 Å². The molecule has 0 aliphatic rings. The minimum Gasteiger partial charge on any atom is -0.462 e. The highest BCUT2D eigenvalue weighted by Gasteiger charge is 2.19. The molecule has 0 aromatic carbocycles. The molecule has 0 aliphatic heterocycles. The number of rotatable bonds is 67. The summed E-state index contributed by atoms with van der Waals surface area (Å²) in [6, 6.07) is 0. The van der Waals surface area contributed by atoms with E-state index < -0.39 is 6.10 Å². The van der Waals surface area contributed by atoms with Crippen LogP contribution in [0, 0.1) is 0 Å². The maximum Gasteiger partial charge on any atom is 0.306 e. The van der Waals surface area contributed by atoms with Crippen molar-refractivity contribution in [3.63, 3.8) is 0 Å². The molecule has 0 saturated heterocycles. The molecule has 1 unspecified atom stereocenters. The van der Waals surface area contributed by atoms with E-state index >= 15 is 0 Å². The predicted molar refractivity (Wildman–Crippen MR) is 353 cm³/mol. The van der Waals surface area contributed by atoms with E-state index in [1.165, 1.54) is 270 Å². The standard InChI is InChI=1S/C75H138O6/c1-4-7-10-13-16-19-22-25-28-31-33-34-35-36-37-38-39-40-42-44-47-50-53-56-59-62-65-68-74(77)80-71-72(70-79-73(76)67-64-61-58-55-52-49-46-43-30-27-24-21-18-15-12-9-6-3)81-75(78)69-66-63-60-57-54-51-48-45-41-32-29-26-23-20-17-14-11-8-5-2/h9,12,18,21,27,30-31,33,72H,4-8,10-11,13-17,19-20,22-26,28-29,32,34-71H2,1-3H3/b12-9-,21-18-,30-27-,33-31-. The largest absolute Gasteiger partial charge is 0.462 e. The van der Waals surface area contributed by atoms with Gasteiger partial charge in [-0.3, -0.25) is 14.4 Å². The normalized spacial score (nSPS) is 12.3. The first kappa shape index (κ1) is 78.4. The van der Waals surface area contributed by atoms with Crippen LogP contribution in [0.15, 0.2) is 48.6 Å². The molecule has 0 spiro atoms. The lowest BCUT2D eigenvalue weighted by molar-refractivity contribution is -0.167. The van der Waals surface area contributed by atoms with Crippen molar-refractivity contribution in [2.45, 2.75) is 399 Å². The number of hydrogen-bond donors (Lipinski definition) is 0. The zero-order valence-corrected chi connectivity index (χ0v) is 54.6. The van der Waals surface area contributed by atoms with Crippen LogP contribution in [0.25, 0.3) is 0 Å². The van der Waals surface area contributed by atoms with Gasteiger partial charge < -0.3 is 14.2 Å². The predicted octanol–water partition coefficient (Wildman–Crippen LogP) is 24.9. The van der Waals surface area contributed by atoms with Crippen molar-refractivity contribution in [2.75, 3.05) is 13.2 Å². The highest BCUT2D eigenvalue weighted by Crippen LogP contribution is 2.19. The van der Waals surface area contributed by atoms with Crippen molar-refractivity contribution in [2.24, 2.45) is 0 Å². The van der Waals surface area contributed by atoms with E-state index in [0.29, 0.717) is 19.3 Å². The van der Waals surface area contributed by atoms with Crippen molar-refractivity contribution >= 4 is 17.9 Å². The molecule has 0 saturated carbocycles. The molecule has 0 aliphatic carbocycles. The summed E-state index contributed by atoms with van der Waals surface area (Å²) in [6.45, 7) is 6.60. The smallest absolute Gasteiger partial charge is 0.306 e. The molecule has 0 aromatic heterocycles. The minimum absolute atomic E-state index is 0.0713. The molecule has 0 amide bonds. The maximum atomic E-state index is 13.0. The Morgan fingerprint density at radius 1 is 0.259 bits per heavy atom. The Morgan fingerprint density at radius 3 is 0.765 bits per heavy atom. The SMILES string of the molecule is CC/C=C\C/C=C\C/C=C\CCCCCCCCCC(=O)OCC(COC(=O)CCCCCCCCCCCCCCCCC/C=C\CCCCCCCCCC)OC(=O)CCCCCCCCCCCCCCCCCCCCC. The molecular formula is C75H138O6. The lowest BCUT2D eigenvalue weighted by atomic mass is 10.0. The summed E-state index contributed by atoms with van der Waals surface area (Å²) in [7, 11) is 0. The van der Waals surface area contributed by atoms with Crippen molar-refractivity contribution < 1.29 is 28.6 Å². The van der Waals surface area contributed by atoms with Crippen LogP contribution in [-0.4, -0.2) is 37.2 Å². The van der Waals surface area contributed by atoms with E-state index in [0.717, 1.165) is 83.5 Å². The van der Waals surface area contributed by atoms with Gasteiger partial charge in [-0.2, -0.15) is 0 Å². The van der Waals surface area contributed by atoms with Gasteiger partial charge in [-0.25, -0.2) is 0 Å². The van der Waals surface area contributed by atoms with E-state index in [1.807, 2.05) is 0 Å². The van der Waals surface area contributed by atoms with Crippen molar-refractivity contribution in [3.05, 3.63) is 48.6 Å². The van der Waals surface area contributed by atoms with Crippen LogP contribution in [0.3, 0.4) is 0 Å². The van der Waals surface area contributed by atoms with Crippen LogP contribution in [0.5, 0.6) is 0 Å². The van der Waals surface area contributed by atoms with Crippen LogP contribution >= 0.6 is 0 Å². The third-order valence-electron chi connectivity index (χ3n) is 16.3. The van der Waals surface area contributed by atoms with E-state index in [4.69, 9.17) is 14.2 Å². The van der Waals surface area contributed by atoms with Gasteiger partial charge in [-0.05, 0) is 77.0 Å². The van der Waals surface area contributed by atoms with Gasteiger partial charge in [0, 0.05) is 19.3 Å². The Balaban J connectivity index is 4.26. The second-order valence-corrected chi connectivity index (χ2v) is 24.5. The lowest BCUT2D eigenvalue weighted by Gasteiger charge is -2.18. The van der Waals surface area contributed by atoms with Gasteiger partial charge >= 0.3 is 17.9 Å². The molecule has 0 radical (unpaired) electrons. The number of unbranched alkanes of at least 4 members (excludes halogenated alkanes) is 48. The fourth-order valence-electron chi connectivity index (χ4n) is 10.9. The van der Waals surface area contributed by atoms with Crippen LogP contribution in [-0.2, 0) is 28.6 Å². The van der Waals surface area contributed by atoms with Crippen LogP contribution in [0.2, 0.25) is 0 Å². The van der Waals surface area contributed by atoms with Gasteiger partial charge in [-0.15, -0.1) is 0 Å². The van der Waals surface area contributed by atoms with Crippen LogP contribution in [0.4, 0.5) is 0 Å². The summed E-state index contributed by atoms with van der Waals surface area (Å²) in [5.41, 5.74) is 0. The van der Waals surface area contributed by atoms with Crippen molar-refractivity contribution in [3.8, 4) is 0 Å². The number of allylic oxidation sites excluding steroid dienone is 8. The van der Waals surface area contributed by atoms with Crippen LogP contribution < -0.4 is 0 Å². The maximum absolute atomic E-state index is 13.0. The Kier molecular flexibility index (Phi) is 67.6. The average molecular weight is 1140 g/mol. The van der Waals surface area contributed by atoms with Gasteiger partial charge in [0.2, 0.25) is 0 Å². The molecule has 1 atom stereocenters. The number of carbonyl (C=O) groups excluding carboxylic acids is 3. The second-order valence-electron chi connectivity index (χ2n) is 24.5. The summed E-state index contributed by atoms with van der Waals surface area (Å²) < 4.78 is 17.0. The van der Waals surface area contributed by atoms with Crippen molar-refractivity contribution in [1.29, 1.82) is 0 Å². The molecular weight excluding hydrogens is 997 g/mol. The van der Waals surface area contributed by atoms with Gasteiger partial charge in [-0.1, -0.05) is 345 Å². The molecule has 81 heavy (non-hydrogen) atoms. The lowest BCUT2D eigenvalue weighted by Crippen LogP contribution is -2.30. The zero-order valence-electron chi connectivity index (χ0n) is 54.6. The molecule has 0 aromatic rings. The summed E-state index contributed by atoms with van der Waals surface area (Å²) in [5.74, 6) is -0.852. The number of hydrogen-bond acceptors (Lipinski definition) is 6. The first-order valence-electron chi connectivity index (χ1n) is 36.1. The number of carbonyl (C=O) groups is 3. The first-order valence-corrected chi connectivity index (χ1v) is 36.1. The Morgan fingerprint density at radius 2 is 0.481 bits per heavy atom.